The maximum absolute atomic E-state index is 11.9. The minimum Gasteiger partial charge on any atom is -0.467 e. The number of ether oxygens (including phenoxy) is 2. The van der Waals surface area contributed by atoms with Crippen LogP contribution >= 0.6 is 11.6 Å². The first-order valence-corrected chi connectivity index (χ1v) is 6.07. The molecule has 0 saturated carbocycles. The van der Waals surface area contributed by atoms with Crippen molar-refractivity contribution in [1.29, 1.82) is 0 Å². The van der Waals surface area contributed by atoms with Crippen molar-refractivity contribution in [3.63, 3.8) is 0 Å². The Bertz CT molecular complexity index is 399. The summed E-state index contributed by atoms with van der Waals surface area (Å²) >= 11 is 6.01. The van der Waals surface area contributed by atoms with Crippen molar-refractivity contribution in [2.24, 2.45) is 0 Å². The number of benzene rings is 1. The molecule has 0 aliphatic rings. The lowest BCUT2D eigenvalue weighted by molar-refractivity contribution is -0.186. The Balaban J connectivity index is 2.55. The first kappa shape index (κ1) is 16.1. The van der Waals surface area contributed by atoms with Crippen molar-refractivity contribution in [3.8, 4) is 5.75 Å². The summed E-state index contributed by atoms with van der Waals surface area (Å²) in [6.45, 7) is 1.35. The van der Waals surface area contributed by atoms with Gasteiger partial charge in [0, 0.05) is 17.1 Å². The normalized spacial score (nSPS) is 11.6. The van der Waals surface area contributed by atoms with Gasteiger partial charge in [0.05, 0.1) is 0 Å². The molecule has 0 aliphatic heterocycles. The Labute approximate surface area is 114 Å². The minimum absolute atomic E-state index is 0.413. The SMILES string of the molecule is CCNCc1c(Cl)cccc1OCOCC(F)(F)F. The maximum Gasteiger partial charge on any atom is 0.411 e. The van der Waals surface area contributed by atoms with Gasteiger partial charge in [0.1, 0.15) is 12.4 Å². The molecule has 0 atom stereocenters. The molecule has 1 rings (SSSR count). The fourth-order valence-corrected chi connectivity index (χ4v) is 1.59. The van der Waals surface area contributed by atoms with Crippen molar-refractivity contribution in [2.45, 2.75) is 19.6 Å². The molecule has 1 aromatic rings. The molecule has 108 valence electrons. The zero-order chi connectivity index (χ0) is 14.3. The lowest BCUT2D eigenvalue weighted by atomic mass is 10.2. The molecule has 0 aromatic heterocycles. The Morgan fingerprint density at radius 3 is 2.68 bits per heavy atom. The van der Waals surface area contributed by atoms with Gasteiger partial charge in [0.15, 0.2) is 6.79 Å². The second-order valence-corrected chi connectivity index (χ2v) is 4.13. The van der Waals surface area contributed by atoms with Crippen LogP contribution in [0.3, 0.4) is 0 Å². The predicted octanol–water partition coefficient (Wildman–Crippen LogP) is 3.36. The molecule has 0 amide bonds. The second-order valence-electron chi connectivity index (χ2n) is 3.72. The summed E-state index contributed by atoms with van der Waals surface area (Å²) in [5.74, 6) is 0.413. The van der Waals surface area contributed by atoms with Crippen LogP contribution in [0.5, 0.6) is 5.75 Å². The summed E-state index contributed by atoms with van der Waals surface area (Å²) in [6.07, 6.45) is -4.36. The zero-order valence-electron chi connectivity index (χ0n) is 10.4. The largest absolute Gasteiger partial charge is 0.467 e. The Hall–Kier alpha value is -0.980. The van der Waals surface area contributed by atoms with Crippen molar-refractivity contribution in [3.05, 3.63) is 28.8 Å². The Morgan fingerprint density at radius 2 is 2.05 bits per heavy atom. The van der Waals surface area contributed by atoms with Gasteiger partial charge < -0.3 is 14.8 Å². The minimum atomic E-state index is -4.36. The molecule has 0 heterocycles. The summed E-state index contributed by atoms with van der Waals surface area (Å²) < 4.78 is 45.2. The summed E-state index contributed by atoms with van der Waals surface area (Å²) in [5.41, 5.74) is 0.696. The molecule has 0 spiro atoms. The van der Waals surface area contributed by atoms with Crippen molar-refractivity contribution < 1.29 is 22.6 Å². The third-order valence-corrected chi connectivity index (χ3v) is 2.55. The summed E-state index contributed by atoms with van der Waals surface area (Å²) in [6, 6.07) is 4.99. The van der Waals surface area contributed by atoms with E-state index in [9.17, 15) is 13.2 Å². The van der Waals surface area contributed by atoms with Crippen molar-refractivity contribution >= 4 is 11.6 Å². The van der Waals surface area contributed by atoms with Crippen LogP contribution in [0.2, 0.25) is 5.02 Å². The van der Waals surface area contributed by atoms with E-state index < -0.39 is 19.6 Å². The second kappa shape index (κ2) is 7.57. The molecule has 0 saturated heterocycles. The molecule has 3 nitrogen and oxygen atoms in total. The smallest absolute Gasteiger partial charge is 0.411 e. The molecule has 0 bridgehead atoms. The monoisotopic (exact) mass is 297 g/mol. The quantitative estimate of drug-likeness (QED) is 0.618. The Morgan fingerprint density at radius 1 is 1.32 bits per heavy atom. The predicted molar refractivity (Wildman–Crippen MR) is 66.3 cm³/mol. The van der Waals surface area contributed by atoms with E-state index in [4.69, 9.17) is 16.3 Å². The van der Waals surface area contributed by atoms with Crippen LogP contribution in [0.1, 0.15) is 12.5 Å². The van der Waals surface area contributed by atoms with E-state index in [-0.39, 0.29) is 0 Å². The zero-order valence-corrected chi connectivity index (χ0v) is 11.1. The van der Waals surface area contributed by atoms with Crippen LogP contribution in [-0.4, -0.2) is 26.1 Å². The van der Waals surface area contributed by atoms with E-state index >= 15 is 0 Å². The number of halogens is 4. The van der Waals surface area contributed by atoms with Gasteiger partial charge in [0.2, 0.25) is 0 Å². The molecule has 19 heavy (non-hydrogen) atoms. The average molecular weight is 298 g/mol. The van der Waals surface area contributed by atoms with Gasteiger partial charge in [-0.05, 0) is 18.7 Å². The highest BCUT2D eigenvalue weighted by Crippen LogP contribution is 2.26. The lowest BCUT2D eigenvalue weighted by Gasteiger charge is -2.14. The highest BCUT2D eigenvalue weighted by atomic mass is 35.5. The Kier molecular flexibility index (Phi) is 6.41. The third kappa shape index (κ3) is 6.13. The van der Waals surface area contributed by atoms with Gasteiger partial charge in [-0.15, -0.1) is 0 Å². The molecule has 1 aromatic carbocycles. The fourth-order valence-electron chi connectivity index (χ4n) is 1.36. The fraction of sp³-hybridized carbons (Fsp3) is 0.500. The van der Waals surface area contributed by atoms with Gasteiger partial charge in [-0.2, -0.15) is 13.2 Å². The summed E-state index contributed by atoms with van der Waals surface area (Å²) in [5, 5.41) is 3.57. The number of rotatable bonds is 7. The molecule has 0 unspecified atom stereocenters. The first-order valence-electron chi connectivity index (χ1n) is 5.69. The van der Waals surface area contributed by atoms with E-state index in [0.717, 1.165) is 6.54 Å². The number of hydrogen-bond donors (Lipinski definition) is 1. The molecule has 7 heteroatoms. The molecule has 0 aliphatic carbocycles. The lowest BCUT2D eigenvalue weighted by Crippen LogP contribution is -2.19. The molecular formula is C12H15ClF3NO2. The van der Waals surface area contributed by atoms with Crippen LogP contribution in [0, 0.1) is 0 Å². The van der Waals surface area contributed by atoms with Crippen molar-refractivity contribution in [2.75, 3.05) is 19.9 Å². The van der Waals surface area contributed by atoms with Gasteiger partial charge in [-0.25, -0.2) is 0 Å². The van der Waals surface area contributed by atoms with Crippen LogP contribution in [-0.2, 0) is 11.3 Å². The number of hydrogen-bond acceptors (Lipinski definition) is 3. The highest BCUT2D eigenvalue weighted by molar-refractivity contribution is 6.31. The van der Waals surface area contributed by atoms with Crippen LogP contribution in [0.4, 0.5) is 13.2 Å². The van der Waals surface area contributed by atoms with Crippen LogP contribution in [0.25, 0.3) is 0 Å². The van der Waals surface area contributed by atoms with E-state index in [1.54, 1.807) is 18.2 Å². The van der Waals surface area contributed by atoms with Crippen LogP contribution < -0.4 is 10.1 Å². The summed E-state index contributed by atoms with van der Waals surface area (Å²) in [7, 11) is 0. The third-order valence-electron chi connectivity index (χ3n) is 2.19. The molecule has 0 fully saturated rings. The number of nitrogens with one attached hydrogen (secondary N) is 1. The standard InChI is InChI=1S/C12H15ClF3NO2/c1-2-17-6-9-10(13)4-3-5-11(9)19-8-18-7-12(14,15)16/h3-5,17H,2,6-8H2,1H3. The molecule has 0 radical (unpaired) electrons. The number of alkyl halides is 3. The molecular weight excluding hydrogens is 283 g/mol. The molecule has 1 N–H and O–H groups in total. The van der Waals surface area contributed by atoms with E-state index in [0.29, 0.717) is 22.9 Å². The van der Waals surface area contributed by atoms with E-state index in [1.807, 2.05) is 6.92 Å². The topological polar surface area (TPSA) is 30.5 Å². The van der Waals surface area contributed by atoms with Gasteiger partial charge in [-0.1, -0.05) is 24.6 Å². The first-order chi connectivity index (χ1) is 8.94. The average Bonchev–Trinajstić information content (AvgIpc) is 2.32. The highest BCUT2D eigenvalue weighted by Gasteiger charge is 2.27. The van der Waals surface area contributed by atoms with E-state index in [2.05, 4.69) is 10.1 Å². The van der Waals surface area contributed by atoms with Crippen molar-refractivity contribution in [1.82, 2.24) is 5.32 Å². The van der Waals surface area contributed by atoms with Crippen LogP contribution in [0.15, 0.2) is 18.2 Å². The van der Waals surface area contributed by atoms with Gasteiger partial charge in [0.25, 0.3) is 0 Å². The summed E-state index contributed by atoms with van der Waals surface area (Å²) in [4.78, 5) is 0. The maximum atomic E-state index is 11.9. The van der Waals surface area contributed by atoms with Gasteiger partial charge >= 0.3 is 6.18 Å². The van der Waals surface area contributed by atoms with E-state index in [1.165, 1.54) is 0 Å². The van der Waals surface area contributed by atoms with Gasteiger partial charge in [-0.3, -0.25) is 0 Å².